The molecule has 2 heterocycles. The molecule has 12 heteroatoms. The number of allylic oxidation sites excluding steroid dienone is 2. The van der Waals surface area contributed by atoms with Gasteiger partial charge in [0.2, 0.25) is 29.0 Å². The third-order valence-electron chi connectivity index (χ3n) is 10.9. The van der Waals surface area contributed by atoms with Gasteiger partial charge >= 0.3 is 0 Å². The second kappa shape index (κ2) is 11.9. The maximum absolute atomic E-state index is 14.2. The SMILES string of the molecule is CC1N(C)c2cc(NC(=O)CCC(N)=O)c(C3=C([O-])/C(=c4/cc5c(cc4NC(=O)CCC(N)=O)=[N+](C)C(C)C5(C)C)C3=O)cc2C1(C)C. The number of primary amides is 2. The quantitative estimate of drug-likeness (QED) is 0.283. The largest absolute Gasteiger partial charge is 0.871 e. The molecule has 12 nitrogen and oxygen atoms in total. The Labute approximate surface area is 279 Å². The van der Waals surface area contributed by atoms with Crippen molar-refractivity contribution in [2.24, 2.45) is 11.5 Å². The van der Waals surface area contributed by atoms with Crippen LogP contribution in [0.3, 0.4) is 0 Å². The lowest BCUT2D eigenvalue weighted by atomic mass is 9.76. The fraction of sp³-hybridized carbons (Fsp3) is 0.444. The molecule has 48 heavy (non-hydrogen) atoms. The van der Waals surface area contributed by atoms with E-state index in [0.717, 1.165) is 22.2 Å². The first-order valence-corrected chi connectivity index (χ1v) is 16.1. The molecule has 0 aromatic heterocycles. The van der Waals surface area contributed by atoms with Crippen LogP contribution in [0, 0.1) is 0 Å². The van der Waals surface area contributed by atoms with Crippen molar-refractivity contribution in [1.82, 2.24) is 4.58 Å². The molecule has 6 N–H and O–H groups in total. The number of nitrogens with zero attached hydrogens (tertiary/aromatic N) is 2. The number of rotatable bonds is 9. The van der Waals surface area contributed by atoms with E-state index in [1.165, 1.54) is 0 Å². The van der Waals surface area contributed by atoms with Crippen molar-refractivity contribution < 1.29 is 29.1 Å². The number of anilines is 3. The van der Waals surface area contributed by atoms with E-state index < -0.39 is 35.2 Å². The summed E-state index contributed by atoms with van der Waals surface area (Å²) in [5, 5.41) is 21.0. The number of nitrogens with one attached hydrogen (secondary N) is 2. The molecule has 2 aromatic carbocycles. The fourth-order valence-electron chi connectivity index (χ4n) is 7.03. The summed E-state index contributed by atoms with van der Waals surface area (Å²) >= 11 is 0. The number of ketones is 1. The van der Waals surface area contributed by atoms with E-state index in [1.54, 1.807) is 24.3 Å². The monoisotopic (exact) mass is 656 g/mol. The van der Waals surface area contributed by atoms with Gasteiger partial charge in [0.15, 0.2) is 11.8 Å². The van der Waals surface area contributed by atoms with E-state index in [0.29, 0.717) is 0 Å². The van der Waals surface area contributed by atoms with Gasteiger partial charge in [-0.3, -0.25) is 24.0 Å². The Morgan fingerprint density at radius 3 is 1.94 bits per heavy atom. The summed E-state index contributed by atoms with van der Waals surface area (Å²) in [6.07, 6.45) is -0.624. The van der Waals surface area contributed by atoms with E-state index in [1.807, 2.05) is 14.1 Å². The lowest BCUT2D eigenvalue weighted by Crippen LogP contribution is -2.37. The Balaban J connectivity index is 1.72. The molecule has 2 aromatic rings. The van der Waals surface area contributed by atoms with Crippen LogP contribution in [0.25, 0.3) is 11.1 Å². The number of fused-ring (bicyclic) bond motifs is 2. The van der Waals surface area contributed by atoms with Crippen LogP contribution in [-0.4, -0.2) is 55.6 Å². The lowest BCUT2D eigenvalue weighted by molar-refractivity contribution is -0.292. The molecule has 0 radical (unpaired) electrons. The molecule has 2 unspecified atom stereocenters. The third-order valence-corrected chi connectivity index (χ3v) is 10.9. The standard InChI is InChI=1S/C36H44N6O6/c1-17-35(3,4)21-13-19(23(15-25(21)41(17)7)39-29(45)11-9-27(37)43)31-33(47)32(34(31)48)20-14-22-26(42(8)18(2)36(22,5)6)16-24(20)40-30(46)12-10-28(38)44/h13-18H,9-12H2,1-8H3,(H6,37,38,39,40,43,44,45,46,47,48). The van der Waals surface area contributed by atoms with E-state index in [2.05, 4.69) is 61.7 Å². The number of benzene rings is 2. The highest BCUT2D eigenvalue weighted by Crippen LogP contribution is 2.49. The Bertz CT molecular complexity index is 1970. The number of hydrogen-bond acceptors (Lipinski definition) is 7. The minimum absolute atomic E-state index is 0.0766. The average molecular weight is 657 g/mol. The summed E-state index contributed by atoms with van der Waals surface area (Å²) in [5.74, 6) is -3.24. The molecule has 0 bridgehead atoms. The number of nitrogens with two attached hydrogens (primary N) is 2. The topological polar surface area (TPSA) is 191 Å². The number of amides is 4. The molecule has 5 rings (SSSR count). The van der Waals surface area contributed by atoms with Crippen LogP contribution < -0.4 is 47.3 Å². The molecule has 0 spiro atoms. The lowest BCUT2D eigenvalue weighted by Gasteiger charge is -2.33. The first-order chi connectivity index (χ1) is 22.3. The number of carbonyl (C=O) groups excluding carboxylic acids is 5. The molecule has 0 fully saturated rings. The summed E-state index contributed by atoms with van der Waals surface area (Å²) in [7, 11) is 3.89. The molecule has 2 aliphatic heterocycles. The van der Waals surface area contributed by atoms with E-state index in [4.69, 9.17) is 11.5 Å². The van der Waals surface area contributed by atoms with Crippen molar-refractivity contribution in [2.45, 2.75) is 90.1 Å². The van der Waals surface area contributed by atoms with Crippen molar-refractivity contribution in [3.05, 3.63) is 57.3 Å². The van der Waals surface area contributed by atoms with Gasteiger partial charge in [-0.1, -0.05) is 19.6 Å². The Morgan fingerprint density at radius 2 is 1.40 bits per heavy atom. The summed E-state index contributed by atoms with van der Waals surface area (Å²) in [4.78, 5) is 64.8. The molecule has 0 saturated heterocycles. The van der Waals surface area contributed by atoms with Gasteiger partial charge in [0.05, 0.1) is 16.8 Å². The average Bonchev–Trinajstić information content (AvgIpc) is 3.28. The van der Waals surface area contributed by atoms with Gasteiger partial charge in [-0.15, -0.1) is 0 Å². The molecule has 4 amide bonds. The molecule has 3 aliphatic rings. The number of Topliss-reactive ketones (excluding diaryl/α,β-unsaturated/α-hetero) is 1. The molecule has 1 aliphatic carbocycles. The predicted octanol–water partition coefficient (Wildman–Crippen LogP) is 0.516. The minimum atomic E-state index is -0.622. The second-order valence-corrected chi connectivity index (χ2v) is 14.3. The van der Waals surface area contributed by atoms with Gasteiger partial charge in [-0.05, 0) is 51.5 Å². The first-order valence-electron chi connectivity index (χ1n) is 16.1. The maximum atomic E-state index is 14.2. The third kappa shape index (κ3) is 5.52. The van der Waals surface area contributed by atoms with Crippen molar-refractivity contribution >= 4 is 57.6 Å². The van der Waals surface area contributed by atoms with Crippen LogP contribution in [0.5, 0.6) is 0 Å². The van der Waals surface area contributed by atoms with Gasteiger partial charge in [0.1, 0.15) is 7.05 Å². The Morgan fingerprint density at radius 1 is 0.833 bits per heavy atom. The first kappa shape index (κ1) is 34.3. The summed E-state index contributed by atoms with van der Waals surface area (Å²) in [6.45, 7) is 12.5. The highest BCUT2D eigenvalue weighted by Gasteiger charge is 2.44. The molecule has 254 valence electrons. The van der Waals surface area contributed by atoms with Gasteiger partial charge < -0.3 is 32.1 Å². The van der Waals surface area contributed by atoms with Gasteiger partial charge in [0, 0.05) is 83.4 Å². The zero-order valence-corrected chi connectivity index (χ0v) is 28.8. The normalized spacial score (nSPS) is 21.5. The van der Waals surface area contributed by atoms with Crippen molar-refractivity contribution in [2.75, 3.05) is 29.6 Å². The highest BCUT2D eigenvalue weighted by molar-refractivity contribution is 6.52. The predicted molar refractivity (Wildman–Crippen MR) is 182 cm³/mol. The zero-order valence-electron chi connectivity index (χ0n) is 28.8. The molecular weight excluding hydrogens is 612 g/mol. The van der Waals surface area contributed by atoms with E-state index in [9.17, 15) is 29.1 Å². The van der Waals surface area contributed by atoms with Crippen molar-refractivity contribution in [3.8, 4) is 0 Å². The van der Waals surface area contributed by atoms with E-state index >= 15 is 0 Å². The molecule has 2 atom stereocenters. The van der Waals surface area contributed by atoms with Crippen LogP contribution in [0.15, 0.2) is 30.0 Å². The zero-order chi connectivity index (χ0) is 35.6. The summed E-state index contributed by atoms with van der Waals surface area (Å²) in [5.41, 5.74) is 13.2. The number of likely N-dealkylation sites (N-methyl/N-ethyl adjacent to an activating group) is 2. The number of carbonyl (C=O) groups is 5. The smallest absolute Gasteiger partial charge is 0.224 e. The molecular formula is C36H44N6O6. The van der Waals surface area contributed by atoms with Crippen LogP contribution in [-0.2, 0) is 34.8 Å². The van der Waals surface area contributed by atoms with Gasteiger partial charge in [0.25, 0.3) is 0 Å². The van der Waals surface area contributed by atoms with Gasteiger partial charge in [-0.2, -0.15) is 0 Å². The van der Waals surface area contributed by atoms with Crippen LogP contribution >= 0.6 is 0 Å². The Kier molecular flexibility index (Phi) is 8.52. The fourth-order valence-corrected chi connectivity index (χ4v) is 7.03. The Hall–Kier alpha value is -5.00. The number of hydrogen-bond donors (Lipinski definition) is 4. The van der Waals surface area contributed by atoms with Crippen LogP contribution in [0.4, 0.5) is 17.1 Å². The highest BCUT2D eigenvalue weighted by atomic mass is 16.3. The van der Waals surface area contributed by atoms with Gasteiger partial charge in [-0.25, -0.2) is 4.58 Å². The van der Waals surface area contributed by atoms with Crippen LogP contribution in [0.2, 0.25) is 0 Å². The van der Waals surface area contributed by atoms with Crippen LogP contribution in [0.1, 0.15) is 83.9 Å². The summed E-state index contributed by atoms with van der Waals surface area (Å²) < 4.78 is 2.09. The van der Waals surface area contributed by atoms with Crippen molar-refractivity contribution in [1.29, 1.82) is 0 Å². The van der Waals surface area contributed by atoms with E-state index in [-0.39, 0.29) is 81.9 Å². The van der Waals surface area contributed by atoms with Crippen molar-refractivity contribution in [3.63, 3.8) is 0 Å². The second-order valence-electron chi connectivity index (χ2n) is 14.3. The maximum Gasteiger partial charge on any atom is 0.224 e. The summed E-state index contributed by atoms with van der Waals surface area (Å²) in [6, 6.07) is 7.30. The molecule has 0 saturated carbocycles. The minimum Gasteiger partial charge on any atom is -0.871 e.